The molecule has 0 radical (unpaired) electrons. The zero-order chi connectivity index (χ0) is 28.9. The molecule has 11 nitrogen and oxygen atoms in total. The van der Waals surface area contributed by atoms with Gasteiger partial charge in [0.1, 0.15) is 5.82 Å². The van der Waals surface area contributed by atoms with Gasteiger partial charge in [-0.3, -0.25) is 5.10 Å². The lowest BCUT2D eigenvalue weighted by molar-refractivity contribution is 0.0726. The Bertz CT molecular complexity index is 1560. The van der Waals surface area contributed by atoms with Crippen LogP contribution < -0.4 is 19.7 Å². The van der Waals surface area contributed by atoms with Crippen molar-refractivity contribution in [3.05, 3.63) is 70.9 Å². The molecule has 1 aliphatic heterocycles. The number of H-pyrrole nitrogens is 1. The number of carbonyl (C=O) groups is 1. The molecule has 3 heterocycles. The molecular weight excluding hydrogens is 558 g/mol. The lowest BCUT2D eigenvalue weighted by Crippen LogP contribution is -2.37. The number of hydrogen-bond acceptors (Lipinski definition) is 11. The maximum absolute atomic E-state index is 15.2. The zero-order valence-corrected chi connectivity index (χ0v) is 22.9. The van der Waals surface area contributed by atoms with Crippen molar-refractivity contribution in [3.8, 4) is 11.5 Å². The van der Waals surface area contributed by atoms with E-state index in [2.05, 4.69) is 25.5 Å². The van der Waals surface area contributed by atoms with Gasteiger partial charge in [0.25, 0.3) is 0 Å². The highest BCUT2D eigenvalue weighted by molar-refractivity contribution is 7.99. The van der Waals surface area contributed by atoms with E-state index in [1.165, 1.54) is 37.4 Å². The van der Waals surface area contributed by atoms with Crippen molar-refractivity contribution in [2.75, 3.05) is 43.6 Å². The molecule has 41 heavy (non-hydrogen) atoms. The number of carbonyl (C=O) groups excluding carboxylic acids is 1. The summed E-state index contributed by atoms with van der Waals surface area (Å²) in [7, 11) is 1.51. The molecule has 2 aromatic carbocycles. The van der Waals surface area contributed by atoms with Crippen LogP contribution in [0.15, 0.2) is 52.5 Å². The van der Waals surface area contributed by atoms with Crippen LogP contribution >= 0.6 is 11.8 Å². The van der Waals surface area contributed by atoms with Crippen molar-refractivity contribution in [1.82, 2.24) is 20.2 Å². The zero-order valence-electron chi connectivity index (χ0n) is 22.1. The molecule has 1 saturated heterocycles. The summed E-state index contributed by atoms with van der Waals surface area (Å²) in [5.74, 6) is -1.15. The Balaban J connectivity index is 1.42. The van der Waals surface area contributed by atoms with Crippen LogP contribution in [0.1, 0.15) is 21.6 Å². The molecule has 0 atom stereocenters. The summed E-state index contributed by atoms with van der Waals surface area (Å²) in [6, 6.07) is 9.59. The molecule has 214 valence electrons. The SMILES string of the molecule is COc1c(Nc2cc(C)[nH]n2)nc(Sc2ccc(C(=O)Oc3cccc(CO)c3F)cc2F)nc1N1CCOCC1. The van der Waals surface area contributed by atoms with E-state index in [9.17, 15) is 14.3 Å². The first-order chi connectivity index (χ1) is 19.9. The minimum atomic E-state index is -0.953. The Morgan fingerprint density at radius 1 is 1.20 bits per heavy atom. The smallest absolute Gasteiger partial charge is 0.343 e. The summed E-state index contributed by atoms with van der Waals surface area (Å²) in [6.45, 7) is 3.48. The van der Waals surface area contributed by atoms with Crippen molar-refractivity contribution in [1.29, 1.82) is 0 Å². The van der Waals surface area contributed by atoms with E-state index in [4.69, 9.17) is 14.2 Å². The number of halogens is 2. The molecule has 0 unspecified atom stereocenters. The molecule has 5 rings (SSSR count). The molecule has 0 spiro atoms. The van der Waals surface area contributed by atoms with Crippen LogP contribution in [0.5, 0.6) is 11.5 Å². The first kappa shape index (κ1) is 28.3. The summed E-state index contributed by atoms with van der Waals surface area (Å²) >= 11 is 0.954. The summed E-state index contributed by atoms with van der Waals surface area (Å²) < 4.78 is 45.8. The van der Waals surface area contributed by atoms with Crippen LogP contribution in [0.4, 0.5) is 26.2 Å². The van der Waals surface area contributed by atoms with Crippen molar-refractivity contribution >= 4 is 35.2 Å². The van der Waals surface area contributed by atoms with Gasteiger partial charge in [-0.05, 0) is 43.0 Å². The van der Waals surface area contributed by atoms with Crippen LogP contribution in [0.2, 0.25) is 0 Å². The van der Waals surface area contributed by atoms with Gasteiger partial charge in [-0.1, -0.05) is 12.1 Å². The standard InChI is InChI=1S/C27H26F2N6O5S/c1-15-12-21(34-33-15)30-24-23(38-2)25(35-8-10-39-11-9-35)32-27(31-24)41-20-7-6-16(13-18(20)28)26(37)40-19-5-3-4-17(14-36)22(19)29/h3-7,12-13,36H,8-11,14H2,1-2H3,(H2,30,31,32,33,34). The van der Waals surface area contributed by atoms with Crippen molar-refractivity contribution in [3.63, 3.8) is 0 Å². The average molecular weight is 585 g/mol. The Hall–Kier alpha value is -4.27. The Kier molecular flexibility index (Phi) is 8.61. The van der Waals surface area contributed by atoms with Gasteiger partial charge in [0, 0.05) is 30.4 Å². The highest BCUT2D eigenvalue weighted by atomic mass is 32.2. The second-order valence-corrected chi connectivity index (χ2v) is 9.91. The predicted octanol–water partition coefficient (Wildman–Crippen LogP) is 4.24. The quantitative estimate of drug-likeness (QED) is 0.148. The molecule has 0 amide bonds. The minimum Gasteiger partial charge on any atom is -0.490 e. The fourth-order valence-corrected chi connectivity index (χ4v) is 4.81. The monoisotopic (exact) mass is 584 g/mol. The van der Waals surface area contributed by atoms with E-state index in [0.717, 1.165) is 23.5 Å². The normalized spacial score (nSPS) is 13.2. The third-order valence-corrected chi connectivity index (χ3v) is 7.00. The maximum atomic E-state index is 15.2. The number of aliphatic hydroxyl groups is 1. The first-order valence-corrected chi connectivity index (χ1v) is 13.3. The molecule has 0 saturated carbocycles. The number of esters is 1. The van der Waals surface area contributed by atoms with E-state index >= 15 is 4.39 Å². The van der Waals surface area contributed by atoms with E-state index in [-0.39, 0.29) is 26.9 Å². The number of aromatic amines is 1. The van der Waals surface area contributed by atoms with Gasteiger partial charge in [0.15, 0.2) is 34.2 Å². The molecule has 2 aromatic heterocycles. The molecule has 3 N–H and O–H groups in total. The number of anilines is 3. The number of nitrogens with one attached hydrogen (secondary N) is 2. The van der Waals surface area contributed by atoms with Crippen LogP contribution in [-0.4, -0.2) is 64.7 Å². The summed E-state index contributed by atoms with van der Waals surface area (Å²) in [4.78, 5) is 24.0. The molecule has 1 aliphatic rings. The highest BCUT2D eigenvalue weighted by Crippen LogP contribution is 2.39. The van der Waals surface area contributed by atoms with Gasteiger partial charge in [-0.2, -0.15) is 5.10 Å². The summed E-state index contributed by atoms with van der Waals surface area (Å²) in [5, 5.41) is 19.6. The molecular formula is C27H26F2N6O5S. The van der Waals surface area contributed by atoms with Gasteiger partial charge in [0.2, 0.25) is 5.75 Å². The second kappa shape index (κ2) is 12.5. The lowest BCUT2D eigenvalue weighted by Gasteiger charge is -2.29. The third-order valence-electron chi connectivity index (χ3n) is 6.08. The number of ether oxygens (including phenoxy) is 3. The number of hydrogen-bond donors (Lipinski definition) is 3. The summed E-state index contributed by atoms with van der Waals surface area (Å²) in [6.07, 6.45) is 0. The molecule has 0 aliphatic carbocycles. The number of rotatable bonds is 9. The molecule has 1 fully saturated rings. The van der Waals surface area contributed by atoms with Crippen molar-refractivity contribution in [2.45, 2.75) is 23.6 Å². The number of aromatic nitrogens is 4. The molecule has 4 aromatic rings. The number of morpholine rings is 1. The van der Waals surface area contributed by atoms with E-state index < -0.39 is 24.2 Å². The summed E-state index contributed by atoms with van der Waals surface area (Å²) in [5.41, 5.74) is 0.690. The third kappa shape index (κ3) is 6.39. The van der Waals surface area contributed by atoms with Gasteiger partial charge in [0.05, 0.1) is 37.4 Å². The second-order valence-electron chi connectivity index (χ2n) is 8.90. The van der Waals surface area contributed by atoms with E-state index in [1.54, 1.807) is 6.07 Å². The highest BCUT2D eigenvalue weighted by Gasteiger charge is 2.24. The van der Waals surface area contributed by atoms with E-state index in [1.807, 2.05) is 11.8 Å². The van der Waals surface area contributed by atoms with Crippen molar-refractivity contribution in [2.24, 2.45) is 0 Å². The fourth-order valence-electron chi connectivity index (χ4n) is 4.05. The Morgan fingerprint density at radius 2 is 2.00 bits per heavy atom. The van der Waals surface area contributed by atoms with Crippen LogP contribution in [0.3, 0.4) is 0 Å². The maximum Gasteiger partial charge on any atom is 0.343 e. The fraction of sp³-hybridized carbons (Fsp3) is 0.259. The van der Waals surface area contributed by atoms with Gasteiger partial charge in [-0.25, -0.2) is 23.5 Å². The number of benzene rings is 2. The van der Waals surface area contributed by atoms with Crippen molar-refractivity contribution < 1.29 is 32.9 Å². The Labute approximate surface area is 237 Å². The van der Waals surface area contributed by atoms with Gasteiger partial charge < -0.3 is 29.5 Å². The number of nitrogens with zero attached hydrogens (tertiary/aromatic N) is 4. The topological polar surface area (TPSA) is 135 Å². The number of aryl methyl sites for hydroxylation is 1. The number of aliphatic hydroxyl groups excluding tert-OH is 1. The lowest BCUT2D eigenvalue weighted by atomic mass is 10.2. The Morgan fingerprint density at radius 3 is 2.68 bits per heavy atom. The molecule has 14 heteroatoms. The first-order valence-electron chi connectivity index (χ1n) is 12.5. The van der Waals surface area contributed by atoms with Crippen LogP contribution in [0.25, 0.3) is 0 Å². The predicted molar refractivity (Wildman–Crippen MR) is 146 cm³/mol. The van der Waals surface area contributed by atoms with Gasteiger partial charge >= 0.3 is 5.97 Å². The van der Waals surface area contributed by atoms with Crippen LogP contribution in [-0.2, 0) is 11.3 Å². The van der Waals surface area contributed by atoms with Gasteiger partial charge in [-0.15, -0.1) is 0 Å². The van der Waals surface area contributed by atoms with E-state index in [0.29, 0.717) is 49.5 Å². The number of methoxy groups -OCH3 is 1. The largest absolute Gasteiger partial charge is 0.490 e. The molecule has 0 bridgehead atoms. The van der Waals surface area contributed by atoms with Crippen LogP contribution in [0, 0.1) is 18.6 Å². The average Bonchev–Trinajstić information content (AvgIpc) is 3.39. The minimum absolute atomic E-state index is 0.0274.